The average molecular weight is 270 g/mol. The van der Waals surface area contributed by atoms with Crippen LogP contribution in [0.5, 0.6) is 0 Å². The number of ether oxygens (including phenoxy) is 1. The number of rotatable bonds is 2. The smallest absolute Gasteiger partial charge is 0.337 e. The van der Waals surface area contributed by atoms with Crippen LogP contribution in [0, 0.1) is 0 Å². The van der Waals surface area contributed by atoms with E-state index in [-0.39, 0.29) is 5.97 Å². The van der Waals surface area contributed by atoms with Gasteiger partial charge in [-0.05, 0) is 37.2 Å². The number of nitrogens with one attached hydrogen (secondary N) is 1. The fourth-order valence-electron chi connectivity index (χ4n) is 2.72. The van der Waals surface area contributed by atoms with Gasteiger partial charge < -0.3 is 14.6 Å². The molecule has 1 N–H and O–H groups in total. The largest absolute Gasteiger partial charge is 0.465 e. The van der Waals surface area contributed by atoms with Gasteiger partial charge in [0, 0.05) is 35.8 Å². The van der Waals surface area contributed by atoms with Gasteiger partial charge >= 0.3 is 5.97 Å². The summed E-state index contributed by atoms with van der Waals surface area (Å²) in [7, 11) is 3.53. The van der Waals surface area contributed by atoms with Crippen LogP contribution in [0.3, 0.4) is 0 Å². The number of H-pyrrole nitrogens is 1. The zero-order valence-corrected chi connectivity index (χ0v) is 11.8. The molecule has 0 saturated carbocycles. The molecule has 104 valence electrons. The molecule has 20 heavy (non-hydrogen) atoms. The van der Waals surface area contributed by atoms with Crippen LogP contribution in [0.25, 0.3) is 16.5 Å². The molecule has 0 amide bonds. The minimum absolute atomic E-state index is 0.297. The monoisotopic (exact) mass is 270 g/mol. The van der Waals surface area contributed by atoms with Crippen molar-refractivity contribution in [2.24, 2.45) is 0 Å². The molecule has 3 rings (SSSR count). The van der Waals surface area contributed by atoms with Gasteiger partial charge in [0.2, 0.25) is 0 Å². The lowest BCUT2D eigenvalue weighted by atomic mass is 10.00. The van der Waals surface area contributed by atoms with Crippen LogP contribution in [0.4, 0.5) is 0 Å². The van der Waals surface area contributed by atoms with Gasteiger partial charge in [-0.25, -0.2) is 4.79 Å². The minimum atomic E-state index is -0.297. The normalized spacial score (nSPS) is 16.2. The molecule has 0 radical (unpaired) electrons. The zero-order valence-electron chi connectivity index (χ0n) is 11.8. The van der Waals surface area contributed by atoms with Crippen LogP contribution in [0.15, 0.2) is 30.5 Å². The molecule has 0 unspecified atom stereocenters. The molecule has 1 aromatic heterocycles. The van der Waals surface area contributed by atoms with Gasteiger partial charge in [0.25, 0.3) is 0 Å². The summed E-state index contributed by atoms with van der Waals surface area (Å²) in [5, 5.41) is 1.08. The molecule has 0 fully saturated rings. The van der Waals surface area contributed by atoms with Crippen molar-refractivity contribution in [1.29, 1.82) is 0 Å². The van der Waals surface area contributed by atoms with Crippen molar-refractivity contribution in [3.05, 3.63) is 41.6 Å². The Labute approximate surface area is 118 Å². The number of likely N-dealkylation sites (N-methyl/N-ethyl adjacent to an activating group) is 1. The number of nitrogens with zero attached hydrogens (tertiary/aromatic N) is 1. The van der Waals surface area contributed by atoms with Crippen molar-refractivity contribution in [1.82, 2.24) is 9.88 Å². The molecular formula is C16H18N2O2. The first-order valence-corrected chi connectivity index (χ1v) is 6.76. The van der Waals surface area contributed by atoms with Crippen molar-refractivity contribution in [2.45, 2.75) is 6.42 Å². The summed E-state index contributed by atoms with van der Waals surface area (Å²) in [6, 6.07) is 5.62. The van der Waals surface area contributed by atoms with E-state index in [9.17, 15) is 4.79 Å². The lowest BCUT2D eigenvalue weighted by molar-refractivity contribution is 0.0601. The third-order valence-electron chi connectivity index (χ3n) is 3.79. The van der Waals surface area contributed by atoms with Crippen molar-refractivity contribution >= 4 is 22.4 Å². The summed E-state index contributed by atoms with van der Waals surface area (Å²) in [5.41, 5.74) is 4.12. The van der Waals surface area contributed by atoms with Gasteiger partial charge in [-0.2, -0.15) is 0 Å². The van der Waals surface area contributed by atoms with Crippen LogP contribution in [-0.2, 0) is 4.74 Å². The van der Waals surface area contributed by atoms with Crippen LogP contribution < -0.4 is 0 Å². The number of methoxy groups -OCH3 is 1. The highest BCUT2D eigenvalue weighted by Gasteiger charge is 2.15. The Kier molecular flexibility index (Phi) is 3.32. The third kappa shape index (κ3) is 2.23. The predicted octanol–water partition coefficient (Wildman–Crippen LogP) is 2.67. The first kappa shape index (κ1) is 12.9. The Balaban J connectivity index is 2.07. The number of hydrogen-bond acceptors (Lipinski definition) is 3. The quantitative estimate of drug-likeness (QED) is 0.853. The molecule has 0 aliphatic carbocycles. The molecule has 4 nitrogen and oxygen atoms in total. The van der Waals surface area contributed by atoms with E-state index in [4.69, 9.17) is 4.74 Å². The highest BCUT2D eigenvalue weighted by Crippen LogP contribution is 2.28. The molecule has 0 bridgehead atoms. The molecule has 2 heterocycles. The van der Waals surface area contributed by atoms with Crippen LogP contribution in [0.1, 0.15) is 22.3 Å². The number of esters is 1. The maximum absolute atomic E-state index is 11.7. The summed E-state index contributed by atoms with van der Waals surface area (Å²) in [4.78, 5) is 17.2. The van der Waals surface area contributed by atoms with Gasteiger partial charge in [0.1, 0.15) is 0 Å². The molecule has 2 aromatic rings. The highest BCUT2D eigenvalue weighted by molar-refractivity contribution is 5.99. The Bertz CT molecular complexity index is 685. The summed E-state index contributed by atoms with van der Waals surface area (Å²) < 4.78 is 4.79. The highest BCUT2D eigenvalue weighted by atomic mass is 16.5. The Morgan fingerprint density at radius 2 is 2.25 bits per heavy atom. The Hall–Kier alpha value is -2.07. The minimum Gasteiger partial charge on any atom is -0.465 e. The second-order valence-electron chi connectivity index (χ2n) is 5.21. The van der Waals surface area contributed by atoms with E-state index in [0.29, 0.717) is 5.56 Å². The predicted molar refractivity (Wildman–Crippen MR) is 79.7 cm³/mol. The summed E-state index contributed by atoms with van der Waals surface area (Å²) >= 11 is 0. The number of carbonyl (C=O) groups excluding carboxylic acids is 1. The van der Waals surface area contributed by atoms with Crippen LogP contribution in [0.2, 0.25) is 0 Å². The fraction of sp³-hybridized carbons (Fsp3) is 0.312. The van der Waals surface area contributed by atoms with E-state index in [1.54, 1.807) is 6.07 Å². The number of aromatic nitrogens is 1. The maximum Gasteiger partial charge on any atom is 0.337 e. The van der Waals surface area contributed by atoms with Crippen LogP contribution >= 0.6 is 0 Å². The molecular weight excluding hydrogens is 252 g/mol. The molecule has 0 atom stereocenters. The number of carbonyl (C=O) groups is 1. The lowest BCUT2D eigenvalue weighted by Gasteiger charge is -2.22. The second-order valence-corrected chi connectivity index (χ2v) is 5.21. The number of aromatic amines is 1. The average Bonchev–Trinajstić information content (AvgIpc) is 2.89. The van der Waals surface area contributed by atoms with Gasteiger partial charge in [-0.3, -0.25) is 0 Å². The van der Waals surface area contributed by atoms with E-state index in [2.05, 4.69) is 23.0 Å². The van der Waals surface area contributed by atoms with Gasteiger partial charge in [0.05, 0.1) is 12.7 Å². The maximum atomic E-state index is 11.7. The van der Waals surface area contributed by atoms with E-state index >= 15 is 0 Å². The summed E-state index contributed by atoms with van der Waals surface area (Å²) in [6.45, 7) is 2.04. The SMILES string of the molecule is COC(=O)c1ccc2[nH]cc(C3=CCCN(C)C3)c2c1. The first-order valence-electron chi connectivity index (χ1n) is 6.76. The topological polar surface area (TPSA) is 45.3 Å². The van der Waals surface area contributed by atoms with Crippen molar-refractivity contribution < 1.29 is 9.53 Å². The van der Waals surface area contributed by atoms with Gasteiger partial charge in [0.15, 0.2) is 0 Å². The van der Waals surface area contributed by atoms with E-state index < -0.39 is 0 Å². The van der Waals surface area contributed by atoms with Crippen molar-refractivity contribution in [3.8, 4) is 0 Å². The molecule has 1 aliphatic rings. The van der Waals surface area contributed by atoms with Gasteiger partial charge in [-0.15, -0.1) is 0 Å². The standard InChI is InChI=1S/C16H18N2O2/c1-18-7-3-4-12(10-18)14-9-17-15-6-5-11(8-13(14)15)16(19)20-2/h4-6,8-9,17H,3,7,10H2,1-2H3. The van der Waals surface area contributed by atoms with Crippen LogP contribution in [-0.4, -0.2) is 43.1 Å². The Morgan fingerprint density at radius 3 is 3.00 bits per heavy atom. The first-order chi connectivity index (χ1) is 9.69. The Morgan fingerprint density at radius 1 is 1.40 bits per heavy atom. The molecule has 4 heteroatoms. The van der Waals surface area contributed by atoms with E-state index in [1.165, 1.54) is 18.2 Å². The number of benzene rings is 1. The van der Waals surface area contributed by atoms with Crippen molar-refractivity contribution in [2.75, 3.05) is 27.2 Å². The molecule has 1 aliphatic heterocycles. The fourth-order valence-corrected chi connectivity index (χ4v) is 2.72. The summed E-state index contributed by atoms with van der Waals surface area (Å²) in [5.74, 6) is -0.297. The van der Waals surface area contributed by atoms with E-state index in [0.717, 1.165) is 30.4 Å². The molecule has 0 spiro atoms. The molecule has 0 saturated heterocycles. The van der Waals surface area contributed by atoms with Gasteiger partial charge in [-0.1, -0.05) is 6.08 Å². The molecule has 1 aromatic carbocycles. The number of fused-ring (bicyclic) bond motifs is 1. The van der Waals surface area contributed by atoms with E-state index in [1.807, 2.05) is 18.3 Å². The zero-order chi connectivity index (χ0) is 14.1. The third-order valence-corrected chi connectivity index (χ3v) is 3.79. The number of hydrogen-bond donors (Lipinski definition) is 1. The second kappa shape index (κ2) is 5.13. The summed E-state index contributed by atoms with van der Waals surface area (Å²) in [6.07, 6.45) is 5.37. The van der Waals surface area contributed by atoms with Crippen molar-refractivity contribution in [3.63, 3.8) is 0 Å². The lowest BCUT2D eigenvalue weighted by Crippen LogP contribution is -2.24.